The lowest BCUT2D eigenvalue weighted by Crippen LogP contribution is -2.22. The van der Waals surface area contributed by atoms with Gasteiger partial charge in [-0.25, -0.2) is 0 Å². The van der Waals surface area contributed by atoms with Crippen LogP contribution in [-0.4, -0.2) is 47.4 Å². The van der Waals surface area contributed by atoms with Crippen LogP contribution in [0.25, 0.3) is 11.1 Å². The summed E-state index contributed by atoms with van der Waals surface area (Å²) < 4.78 is 12.4. The lowest BCUT2D eigenvalue weighted by molar-refractivity contribution is 0.155. The Hall–Kier alpha value is -1.56. The minimum absolute atomic E-state index is 0. The molecular weight excluding hydrogens is 445 g/mol. The van der Waals surface area contributed by atoms with Crippen molar-refractivity contribution in [3.63, 3.8) is 0 Å². The summed E-state index contributed by atoms with van der Waals surface area (Å²) >= 11 is 0. The minimum Gasteiger partial charge on any atom is -0.490 e. The van der Waals surface area contributed by atoms with Gasteiger partial charge in [-0.1, -0.05) is 31.9 Å². The van der Waals surface area contributed by atoms with Crippen LogP contribution in [0.1, 0.15) is 64.0 Å². The average Bonchev–Trinajstić information content (AvgIpc) is 3.18. The van der Waals surface area contributed by atoms with E-state index in [1.54, 1.807) is 0 Å². The van der Waals surface area contributed by atoms with Gasteiger partial charge in [0, 0.05) is 24.7 Å². The van der Waals surface area contributed by atoms with Gasteiger partial charge in [0.15, 0.2) is 0 Å². The molecule has 2 aromatic rings. The lowest BCUT2D eigenvalue weighted by atomic mass is 9.97. The van der Waals surface area contributed by atoms with Gasteiger partial charge in [-0.15, -0.1) is 29.9 Å². The molecular formula is C25H37Cl2N3O2. The van der Waals surface area contributed by atoms with E-state index in [1.165, 1.54) is 32.1 Å². The normalized spacial score (nSPS) is 19.1. The van der Waals surface area contributed by atoms with Crippen LogP contribution in [-0.2, 0) is 6.42 Å². The standard InChI is InChI=1S/C25H35N3O2.2ClH/c1-3-4-10-24-23(17-25(27-26-24)30-22-15-16-28(2)18-22)19-11-13-21(14-12-19)29-20-8-6-5-7-9-20;;/h11-14,17,20,22H,3-10,15-16,18H2,1-2H3;2*1H/t22-;;/m1../s1. The maximum Gasteiger partial charge on any atom is 0.234 e. The zero-order valence-electron chi connectivity index (χ0n) is 19.3. The summed E-state index contributed by atoms with van der Waals surface area (Å²) in [6, 6.07) is 10.6. The number of likely N-dealkylation sites (N-methyl/N-ethyl adjacent to an activating group) is 1. The molecule has 178 valence electrons. The van der Waals surface area contributed by atoms with E-state index in [0.29, 0.717) is 12.0 Å². The van der Waals surface area contributed by atoms with Crippen LogP contribution in [0.2, 0.25) is 0 Å². The van der Waals surface area contributed by atoms with Gasteiger partial charge < -0.3 is 14.4 Å². The summed E-state index contributed by atoms with van der Waals surface area (Å²) in [6.45, 7) is 4.22. The zero-order chi connectivity index (χ0) is 20.8. The largest absolute Gasteiger partial charge is 0.490 e. The van der Waals surface area contributed by atoms with Crippen molar-refractivity contribution in [2.45, 2.75) is 76.9 Å². The van der Waals surface area contributed by atoms with Crippen LogP contribution in [0.5, 0.6) is 11.6 Å². The average molecular weight is 482 g/mol. The first kappa shape index (κ1) is 26.7. The number of hydrogen-bond donors (Lipinski definition) is 0. The molecule has 1 aliphatic carbocycles. The molecule has 32 heavy (non-hydrogen) atoms. The number of aromatic nitrogens is 2. The number of nitrogens with zero attached hydrogens (tertiary/aromatic N) is 3. The molecule has 0 amide bonds. The minimum atomic E-state index is 0. The van der Waals surface area contributed by atoms with Crippen molar-refractivity contribution in [1.29, 1.82) is 0 Å². The van der Waals surface area contributed by atoms with Crippen molar-refractivity contribution < 1.29 is 9.47 Å². The van der Waals surface area contributed by atoms with E-state index in [0.717, 1.165) is 61.3 Å². The molecule has 1 saturated heterocycles. The third kappa shape index (κ3) is 7.23. The van der Waals surface area contributed by atoms with Crippen LogP contribution in [0, 0.1) is 0 Å². The second-order valence-electron chi connectivity index (χ2n) is 8.84. The summed E-state index contributed by atoms with van der Waals surface area (Å²) in [5.41, 5.74) is 3.33. The van der Waals surface area contributed by atoms with Crippen molar-refractivity contribution in [2.75, 3.05) is 20.1 Å². The second-order valence-corrected chi connectivity index (χ2v) is 8.84. The fraction of sp³-hybridized carbons (Fsp3) is 0.600. The smallest absolute Gasteiger partial charge is 0.234 e. The lowest BCUT2D eigenvalue weighted by Gasteiger charge is -2.23. The molecule has 2 fully saturated rings. The van der Waals surface area contributed by atoms with Crippen LogP contribution >= 0.6 is 24.8 Å². The summed E-state index contributed by atoms with van der Waals surface area (Å²) in [5, 5.41) is 8.94. The van der Waals surface area contributed by atoms with Crippen molar-refractivity contribution in [3.8, 4) is 22.8 Å². The number of rotatable bonds is 8. The summed E-state index contributed by atoms with van der Waals surface area (Å²) in [5.74, 6) is 1.60. The first-order chi connectivity index (χ1) is 14.7. The first-order valence-electron chi connectivity index (χ1n) is 11.7. The van der Waals surface area contributed by atoms with Gasteiger partial charge in [0.05, 0.1) is 11.8 Å². The van der Waals surface area contributed by atoms with Crippen molar-refractivity contribution in [3.05, 3.63) is 36.0 Å². The van der Waals surface area contributed by atoms with E-state index in [4.69, 9.17) is 9.47 Å². The van der Waals surface area contributed by atoms with E-state index in [2.05, 4.69) is 59.4 Å². The van der Waals surface area contributed by atoms with E-state index < -0.39 is 0 Å². The molecule has 0 radical (unpaired) electrons. The highest BCUT2D eigenvalue weighted by Gasteiger charge is 2.22. The Morgan fingerprint density at radius 2 is 1.69 bits per heavy atom. The summed E-state index contributed by atoms with van der Waals surface area (Å²) in [6.07, 6.45) is 11.1. The van der Waals surface area contributed by atoms with Gasteiger partial charge in [0.2, 0.25) is 5.88 Å². The van der Waals surface area contributed by atoms with Gasteiger partial charge in [-0.05, 0) is 69.7 Å². The number of halogens is 2. The first-order valence-corrected chi connectivity index (χ1v) is 11.7. The van der Waals surface area contributed by atoms with Crippen LogP contribution in [0.4, 0.5) is 0 Å². The molecule has 7 heteroatoms. The summed E-state index contributed by atoms with van der Waals surface area (Å²) in [7, 11) is 2.13. The van der Waals surface area contributed by atoms with Gasteiger partial charge in [0.1, 0.15) is 11.9 Å². The number of likely N-dealkylation sites (tertiary alicyclic amines) is 1. The Kier molecular flexibility index (Phi) is 11.0. The highest BCUT2D eigenvalue weighted by molar-refractivity contribution is 5.85. The SMILES string of the molecule is CCCCc1nnc(O[C@@H]2CCN(C)C2)cc1-c1ccc(OC2CCCCC2)cc1.Cl.Cl. The molecule has 4 rings (SSSR count). The van der Waals surface area contributed by atoms with Gasteiger partial charge in [0.25, 0.3) is 0 Å². The molecule has 1 aliphatic heterocycles. The zero-order valence-corrected chi connectivity index (χ0v) is 20.9. The predicted molar refractivity (Wildman–Crippen MR) is 135 cm³/mol. The highest BCUT2D eigenvalue weighted by Crippen LogP contribution is 2.30. The Balaban J connectivity index is 0.00000181. The fourth-order valence-electron chi connectivity index (χ4n) is 4.49. The molecule has 0 N–H and O–H groups in total. The summed E-state index contributed by atoms with van der Waals surface area (Å²) in [4.78, 5) is 2.29. The molecule has 1 aromatic heterocycles. The molecule has 1 aromatic carbocycles. The molecule has 2 heterocycles. The van der Waals surface area contributed by atoms with Crippen LogP contribution in [0.3, 0.4) is 0 Å². The van der Waals surface area contributed by atoms with Crippen molar-refractivity contribution in [1.82, 2.24) is 15.1 Å². The molecule has 0 spiro atoms. The maximum absolute atomic E-state index is 6.21. The van der Waals surface area contributed by atoms with E-state index in [9.17, 15) is 0 Å². The maximum atomic E-state index is 6.21. The van der Waals surface area contributed by atoms with Gasteiger partial charge >= 0.3 is 0 Å². The highest BCUT2D eigenvalue weighted by atomic mass is 35.5. The Morgan fingerprint density at radius 3 is 2.34 bits per heavy atom. The number of benzene rings is 1. The topological polar surface area (TPSA) is 47.5 Å². The van der Waals surface area contributed by atoms with E-state index >= 15 is 0 Å². The molecule has 5 nitrogen and oxygen atoms in total. The Morgan fingerprint density at radius 1 is 0.938 bits per heavy atom. The van der Waals surface area contributed by atoms with Crippen LogP contribution in [0.15, 0.2) is 30.3 Å². The molecule has 1 saturated carbocycles. The van der Waals surface area contributed by atoms with Crippen LogP contribution < -0.4 is 9.47 Å². The van der Waals surface area contributed by atoms with Crippen molar-refractivity contribution >= 4 is 24.8 Å². The van der Waals surface area contributed by atoms with E-state index in [1.807, 2.05) is 0 Å². The Labute approximate surface area is 205 Å². The van der Waals surface area contributed by atoms with Gasteiger partial charge in [-0.3, -0.25) is 0 Å². The van der Waals surface area contributed by atoms with Crippen molar-refractivity contribution in [2.24, 2.45) is 0 Å². The Bertz CT molecular complexity index is 813. The third-order valence-corrected chi connectivity index (χ3v) is 6.27. The quantitative estimate of drug-likeness (QED) is 0.453. The predicted octanol–water partition coefficient (Wildman–Crippen LogP) is 6.12. The third-order valence-electron chi connectivity index (χ3n) is 6.27. The van der Waals surface area contributed by atoms with E-state index in [-0.39, 0.29) is 30.9 Å². The molecule has 2 aliphatic rings. The number of hydrogen-bond acceptors (Lipinski definition) is 5. The fourth-order valence-corrected chi connectivity index (χ4v) is 4.49. The number of unbranched alkanes of at least 4 members (excludes halogenated alkanes) is 1. The number of ether oxygens (including phenoxy) is 2. The molecule has 0 bridgehead atoms. The molecule has 0 unspecified atom stereocenters. The molecule has 1 atom stereocenters. The second kappa shape index (κ2) is 13.2. The van der Waals surface area contributed by atoms with Gasteiger partial charge in [-0.2, -0.15) is 5.10 Å². The monoisotopic (exact) mass is 481 g/mol. The number of aryl methyl sites for hydroxylation is 1.